The van der Waals surface area contributed by atoms with Gasteiger partial charge in [-0.2, -0.15) is 0 Å². The molecular weight excluding hydrogens is 508 g/mol. The minimum Gasteiger partial charge on any atom is -0.460 e. The minimum atomic E-state index is -0.662. The van der Waals surface area contributed by atoms with Crippen molar-refractivity contribution in [3.8, 4) is 0 Å². The van der Waals surface area contributed by atoms with E-state index >= 15 is 0 Å². The van der Waals surface area contributed by atoms with Gasteiger partial charge in [0.25, 0.3) is 11.8 Å². The molecule has 8 nitrogen and oxygen atoms in total. The third kappa shape index (κ3) is 6.24. The van der Waals surface area contributed by atoms with Crippen LogP contribution in [-0.2, 0) is 9.47 Å². The summed E-state index contributed by atoms with van der Waals surface area (Å²) in [6.45, 7) is -0.301. The van der Waals surface area contributed by atoms with Crippen LogP contribution in [0.5, 0.6) is 0 Å². The third-order valence-electron chi connectivity index (χ3n) is 6.50. The zero-order valence-electron chi connectivity index (χ0n) is 21.4. The lowest BCUT2D eigenvalue weighted by Crippen LogP contribution is -2.34. The Kier molecular flexibility index (Phi) is 7.97. The number of carbonyl (C=O) groups is 4. The lowest BCUT2D eigenvalue weighted by Gasteiger charge is -2.21. The summed E-state index contributed by atoms with van der Waals surface area (Å²) in [6.07, 6.45) is 0. The molecule has 4 aromatic carbocycles. The zero-order chi connectivity index (χ0) is 27.9. The fourth-order valence-electron chi connectivity index (χ4n) is 4.36. The summed E-state index contributed by atoms with van der Waals surface area (Å²) in [5, 5.41) is 5.82. The standard InChI is InChI=1S/C32H26N2O6/c35-29-23-13-7-14-24(17-23)30(36)34-28(22-11-5-2-6-12-22)20-40-32(38)26-16-8-15-25(18-26)31(37)39-19-27(33-29)21-9-3-1-4-10-21/h1-18,27-28H,19-20H2,(H,33,35)(H,34,36)/t27-,28-/m1/s1. The maximum absolute atomic E-state index is 13.3. The van der Waals surface area contributed by atoms with Gasteiger partial charge in [0.1, 0.15) is 13.2 Å². The second-order valence-electron chi connectivity index (χ2n) is 9.23. The highest BCUT2D eigenvalue weighted by atomic mass is 16.5. The maximum Gasteiger partial charge on any atom is 0.338 e. The first-order valence-electron chi connectivity index (χ1n) is 12.7. The SMILES string of the molecule is O=C1N[C@@H](c2ccccc2)COC(=O)c2cccc(c2)C(=O)OC[C@H](c2ccccc2)NC(=O)c2cccc1c2. The van der Waals surface area contributed by atoms with Gasteiger partial charge in [-0.3, -0.25) is 9.59 Å². The lowest BCUT2D eigenvalue weighted by molar-refractivity contribution is 0.0450. The second-order valence-corrected chi connectivity index (χ2v) is 9.23. The number of ether oxygens (including phenoxy) is 2. The number of esters is 2. The number of cyclic esters (lactones) is 2. The molecule has 2 amide bonds. The van der Waals surface area contributed by atoms with Crippen LogP contribution in [0.2, 0.25) is 0 Å². The number of hydrogen-bond acceptors (Lipinski definition) is 6. The number of carbonyl (C=O) groups excluding carboxylic acids is 4. The number of nitrogens with one attached hydrogen (secondary N) is 2. The Morgan fingerprint density at radius 1 is 0.475 bits per heavy atom. The molecule has 1 aliphatic rings. The van der Waals surface area contributed by atoms with E-state index in [2.05, 4.69) is 10.6 Å². The van der Waals surface area contributed by atoms with Crippen LogP contribution in [-0.4, -0.2) is 37.0 Å². The molecule has 4 bridgehead atoms. The third-order valence-corrected chi connectivity index (χ3v) is 6.50. The van der Waals surface area contributed by atoms with Crippen LogP contribution >= 0.6 is 0 Å². The molecular formula is C32H26N2O6. The Balaban J connectivity index is 1.51. The molecule has 0 unspecified atom stereocenters. The number of benzene rings is 4. The molecule has 0 saturated carbocycles. The van der Waals surface area contributed by atoms with Gasteiger partial charge < -0.3 is 20.1 Å². The quantitative estimate of drug-likeness (QED) is 0.362. The molecule has 0 radical (unpaired) electrons. The molecule has 1 aliphatic heterocycles. The summed E-state index contributed by atoms with van der Waals surface area (Å²) in [7, 11) is 0. The van der Waals surface area contributed by atoms with Gasteiger partial charge in [0.2, 0.25) is 0 Å². The van der Waals surface area contributed by atoms with Crippen LogP contribution in [0.25, 0.3) is 0 Å². The van der Waals surface area contributed by atoms with Crippen LogP contribution in [0.15, 0.2) is 109 Å². The molecule has 1 heterocycles. The smallest absolute Gasteiger partial charge is 0.338 e. The van der Waals surface area contributed by atoms with Crippen molar-refractivity contribution in [2.75, 3.05) is 13.2 Å². The highest BCUT2D eigenvalue weighted by Crippen LogP contribution is 2.19. The van der Waals surface area contributed by atoms with Gasteiger partial charge in [-0.25, -0.2) is 9.59 Å². The van der Waals surface area contributed by atoms with E-state index in [1.165, 1.54) is 24.3 Å². The first-order chi connectivity index (χ1) is 19.5. The van der Waals surface area contributed by atoms with Crippen LogP contribution in [0, 0.1) is 0 Å². The first kappa shape index (κ1) is 26.4. The first-order valence-corrected chi connectivity index (χ1v) is 12.7. The number of amides is 2. The van der Waals surface area contributed by atoms with Crippen molar-refractivity contribution in [1.82, 2.24) is 10.6 Å². The monoisotopic (exact) mass is 534 g/mol. The highest BCUT2D eigenvalue weighted by molar-refractivity contribution is 6.00. The van der Waals surface area contributed by atoms with Gasteiger partial charge in [-0.15, -0.1) is 0 Å². The zero-order valence-corrected chi connectivity index (χ0v) is 21.4. The van der Waals surface area contributed by atoms with Crippen molar-refractivity contribution in [1.29, 1.82) is 0 Å². The van der Waals surface area contributed by atoms with Gasteiger partial charge in [-0.1, -0.05) is 72.8 Å². The van der Waals surface area contributed by atoms with E-state index in [1.807, 2.05) is 60.7 Å². The molecule has 0 saturated heterocycles. The Bertz CT molecular complexity index is 1430. The van der Waals surface area contributed by atoms with E-state index in [9.17, 15) is 19.2 Å². The maximum atomic E-state index is 13.3. The predicted molar refractivity (Wildman–Crippen MR) is 147 cm³/mol. The number of rotatable bonds is 2. The van der Waals surface area contributed by atoms with Gasteiger partial charge in [0.15, 0.2) is 0 Å². The molecule has 4 aromatic rings. The summed E-state index contributed by atoms with van der Waals surface area (Å²) in [5.74, 6) is -2.17. The largest absolute Gasteiger partial charge is 0.460 e. The van der Waals surface area contributed by atoms with E-state index in [0.29, 0.717) is 0 Å². The van der Waals surface area contributed by atoms with Crippen LogP contribution < -0.4 is 10.6 Å². The van der Waals surface area contributed by atoms with Crippen molar-refractivity contribution < 1.29 is 28.7 Å². The molecule has 2 atom stereocenters. The van der Waals surface area contributed by atoms with Crippen molar-refractivity contribution in [2.45, 2.75) is 12.1 Å². The van der Waals surface area contributed by atoms with Crippen molar-refractivity contribution in [3.63, 3.8) is 0 Å². The van der Waals surface area contributed by atoms with E-state index in [0.717, 1.165) is 11.1 Å². The summed E-state index contributed by atoms with van der Waals surface area (Å²) in [4.78, 5) is 52.4. The number of fused-ring (bicyclic) bond motifs is 4. The summed E-state index contributed by atoms with van der Waals surface area (Å²) in [5.41, 5.74) is 2.31. The Labute approximate surface area is 230 Å². The summed E-state index contributed by atoms with van der Waals surface area (Å²) in [6, 6.07) is 29.2. The van der Waals surface area contributed by atoms with Crippen LogP contribution in [0.4, 0.5) is 0 Å². The Hall–Kier alpha value is -5.24. The van der Waals surface area contributed by atoms with Crippen molar-refractivity contribution in [2.24, 2.45) is 0 Å². The van der Waals surface area contributed by atoms with Gasteiger partial charge in [0.05, 0.1) is 23.2 Å². The molecule has 0 fully saturated rings. The predicted octanol–water partition coefficient (Wildman–Crippen LogP) is 4.66. The van der Waals surface area contributed by atoms with Crippen LogP contribution in [0.1, 0.15) is 64.6 Å². The molecule has 0 spiro atoms. The van der Waals surface area contributed by atoms with Gasteiger partial charge in [-0.05, 0) is 47.5 Å². The van der Waals surface area contributed by atoms with Crippen molar-refractivity contribution in [3.05, 3.63) is 143 Å². The molecule has 8 heteroatoms. The Morgan fingerprint density at radius 2 is 0.850 bits per heavy atom. The normalized spacial score (nSPS) is 18.3. The lowest BCUT2D eigenvalue weighted by atomic mass is 10.0. The van der Waals surface area contributed by atoms with Crippen molar-refractivity contribution >= 4 is 23.8 Å². The average molecular weight is 535 g/mol. The molecule has 5 rings (SSSR count). The molecule has 0 aromatic heterocycles. The molecule has 200 valence electrons. The van der Waals surface area contributed by atoms with Crippen LogP contribution in [0.3, 0.4) is 0 Å². The highest BCUT2D eigenvalue weighted by Gasteiger charge is 2.23. The summed E-state index contributed by atoms with van der Waals surface area (Å²) >= 11 is 0. The van der Waals surface area contributed by atoms with E-state index < -0.39 is 35.8 Å². The van der Waals surface area contributed by atoms with E-state index in [-0.39, 0.29) is 35.5 Å². The Morgan fingerprint density at radius 3 is 1.27 bits per heavy atom. The number of hydrogen-bond donors (Lipinski definition) is 2. The average Bonchev–Trinajstić information content (AvgIpc) is 3.01. The van der Waals surface area contributed by atoms with Gasteiger partial charge in [0, 0.05) is 11.1 Å². The van der Waals surface area contributed by atoms with Gasteiger partial charge >= 0.3 is 11.9 Å². The molecule has 40 heavy (non-hydrogen) atoms. The summed E-state index contributed by atoms with van der Waals surface area (Å²) < 4.78 is 11.1. The van der Waals surface area contributed by atoms with E-state index in [4.69, 9.17) is 9.47 Å². The second kappa shape index (κ2) is 12.1. The fraction of sp³-hybridized carbons (Fsp3) is 0.125. The minimum absolute atomic E-state index is 0.151. The topological polar surface area (TPSA) is 111 Å². The molecule has 0 aliphatic carbocycles. The fourth-order valence-corrected chi connectivity index (χ4v) is 4.36. The van der Waals surface area contributed by atoms with E-state index in [1.54, 1.807) is 24.3 Å². The molecule has 2 N–H and O–H groups in total.